The van der Waals surface area contributed by atoms with Crippen molar-refractivity contribution >= 4 is 12.1 Å². The number of hydrogen-bond donors (Lipinski definition) is 1. The Morgan fingerprint density at radius 1 is 1.31 bits per heavy atom. The van der Waals surface area contributed by atoms with Gasteiger partial charge in [-0.15, -0.1) is 0 Å². The summed E-state index contributed by atoms with van der Waals surface area (Å²) in [5, 5.41) is 0. The van der Waals surface area contributed by atoms with E-state index < -0.39 is 11.8 Å². The molecule has 0 heterocycles. The normalized spacial score (nSPS) is 17.9. The molecule has 0 aromatic carbocycles. The van der Waals surface area contributed by atoms with Crippen LogP contribution >= 0.6 is 0 Å². The van der Waals surface area contributed by atoms with Gasteiger partial charge in [-0.05, 0) is 25.7 Å². The van der Waals surface area contributed by atoms with E-state index in [-0.39, 0.29) is 19.1 Å². The van der Waals surface area contributed by atoms with Crippen LogP contribution in [-0.4, -0.2) is 31.6 Å². The SMILES string of the molecule is COC(=O)CC1(OC(=O)OCN)CCCC1. The van der Waals surface area contributed by atoms with Gasteiger partial charge >= 0.3 is 12.1 Å². The number of nitrogens with two attached hydrogens (primary N) is 1. The Morgan fingerprint density at radius 3 is 2.44 bits per heavy atom. The molecule has 0 radical (unpaired) electrons. The van der Waals surface area contributed by atoms with E-state index in [1.165, 1.54) is 7.11 Å². The number of carbonyl (C=O) groups excluding carboxylic acids is 2. The summed E-state index contributed by atoms with van der Waals surface area (Å²) in [6, 6.07) is 0. The highest BCUT2D eigenvalue weighted by atomic mass is 16.7. The molecule has 1 aliphatic rings. The van der Waals surface area contributed by atoms with Crippen LogP contribution < -0.4 is 5.73 Å². The van der Waals surface area contributed by atoms with Gasteiger partial charge in [0.2, 0.25) is 0 Å². The van der Waals surface area contributed by atoms with Crippen LogP contribution in [0, 0.1) is 0 Å². The lowest BCUT2D eigenvalue weighted by molar-refractivity contribution is -0.146. The van der Waals surface area contributed by atoms with Crippen molar-refractivity contribution in [3.8, 4) is 0 Å². The lowest BCUT2D eigenvalue weighted by Crippen LogP contribution is -2.35. The molecule has 1 rings (SSSR count). The molecule has 0 atom stereocenters. The third-order valence-electron chi connectivity index (χ3n) is 2.71. The number of hydrogen-bond acceptors (Lipinski definition) is 6. The fraction of sp³-hybridized carbons (Fsp3) is 0.800. The van der Waals surface area contributed by atoms with Crippen LogP contribution in [-0.2, 0) is 19.0 Å². The van der Waals surface area contributed by atoms with Gasteiger partial charge in [0.15, 0.2) is 0 Å². The number of ether oxygens (including phenoxy) is 3. The van der Waals surface area contributed by atoms with Crippen LogP contribution in [0.1, 0.15) is 32.1 Å². The van der Waals surface area contributed by atoms with E-state index in [4.69, 9.17) is 10.5 Å². The summed E-state index contributed by atoms with van der Waals surface area (Å²) in [6.45, 7) is -0.229. The van der Waals surface area contributed by atoms with Crippen LogP contribution in [0.4, 0.5) is 4.79 Å². The summed E-state index contributed by atoms with van der Waals surface area (Å²) in [5.41, 5.74) is 4.30. The van der Waals surface area contributed by atoms with Gasteiger partial charge in [0.1, 0.15) is 12.3 Å². The van der Waals surface area contributed by atoms with E-state index >= 15 is 0 Å². The maximum atomic E-state index is 11.2. The second-order valence-corrected chi connectivity index (χ2v) is 3.81. The predicted molar refractivity (Wildman–Crippen MR) is 54.5 cm³/mol. The van der Waals surface area contributed by atoms with Crippen molar-refractivity contribution in [3.05, 3.63) is 0 Å². The molecule has 0 aliphatic heterocycles. The van der Waals surface area contributed by atoms with Gasteiger partial charge in [-0.25, -0.2) is 4.79 Å². The molecule has 0 amide bonds. The fourth-order valence-corrected chi connectivity index (χ4v) is 1.94. The van der Waals surface area contributed by atoms with Gasteiger partial charge < -0.3 is 14.2 Å². The summed E-state index contributed by atoms with van der Waals surface area (Å²) >= 11 is 0. The maximum Gasteiger partial charge on any atom is 0.510 e. The average Bonchev–Trinajstić information content (AvgIpc) is 2.66. The number of methoxy groups -OCH3 is 1. The van der Waals surface area contributed by atoms with Crippen LogP contribution in [0.25, 0.3) is 0 Å². The number of carbonyl (C=O) groups is 2. The molecule has 0 spiro atoms. The zero-order valence-corrected chi connectivity index (χ0v) is 9.36. The lowest BCUT2D eigenvalue weighted by atomic mass is 9.98. The third kappa shape index (κ3) is 3.37. The molecular formula is C10H17NO5. The van der Waals surface area contributed by atoms with Crippen molar-refractivity contribution in [3.63, 3.8) is 0 Å². The van der Waals surface area contributed by atoms with Crippen molar-refractivity contribution in [2.24, 2.45) is 5.73 Å². The molecule has 2 N–H and O–H groups in total. The molecule has 0 saturated heterocycles. The highest BCUT2D eigenvalue weighted by Gasteiger charge is 2.40. The maximum absolute atomic E-state index is 11.2. The zero-order chi connectivity index (χ0) is 12.0. The van der Waals surface area contributed by atoms with Crippen molar-refractivity contribution in [1.29, 1.82) is 0 Å². The second kappa shape index (κ2) is 5.69. The molecule has 6 heteroatoms. The first-order valence-corrected chi connectivity index (χ1v) is 5.24. The minimum absolute atomic E-state index is 0.0726. The molecule has 0 aromatic rings. The second-order valence-electron chi connectivity index (χ2n) is 3.81. The van der Waals surface area contributed by atoms with Crippen LogP contribution in [0.3, 0.4) is 0 Å². The Bertz CT molecular complexity index is 260. The third-order valence-corrected chi connectivity index (χ3v) is 2.71. The minimum Gasteiger partial charge on any atom is -0.469 e. The number of esters is 1. The van der Waals surface area contributed by atoms with Crippen molar-refractivity contribution in [1.82, 2.24) is 0 Å². The monoisotopic (exact) mass is 231 g/mol. The molecule has 6 nitrogen and oxygen atoms in total. The first kappa shape index (κ1) is 12.8. The number of rotatable bonds is 4. The summed E-state index contributed by atoms with van der Waals surface area (Å²) in [4.78, 5) is 22.4. The predicted octanol–water partition coefficient (Wildman–Crippen LogP) is 0.932. The molecule has 16 heavy (non-hydrogen) atoms. The van der Waals surface area contributed by atoms with Gasteiger partial charge in [-0.1, -0.05) is 0 Å². The standard InChI is InChI=1S/C10H17NO5/c1-14-8(12)6-10(4-2-3-5-10)16-9(13)15-7-11/h2-7,11H2,1H3. The van der Waals surface area contributed by atoms with Gasteiger partial charge in [0, 0.05) is 0 Å². The van der Waals surface area contributed by atoms with E-state index in [1.54, 1.807) is 0 Å². The van der Waals surface area contributed by atoms with Crippen molar-refractivity contribution in [2.75, 3.05) is 13.8 Å². The Morgan fingerprint density at radius 2 is 1.94 bits per heavy atom. The molecule has 92 valence electrons. The Balaban J connectivity index is 2.58. The Labute approximate surface area is 94.0 Å². The molecule has 1 saturated carbocycles. The van der Waals surface area contributed by atoms with Crippen LogP contribution in [0.15, 0.2) is 0 Å². The molecule has 1 aliphatic carbocycles. The molecule has 0 aromatic heterocycles. The topological polar surface area (TPSA) is 87.8 Å². The minimum atomic E-state index is -0.826. The van der Waals surface area contributed by atoms with Crippen molar-refractivity contribution in [2.45, 2.75) is 37.7 Å². The highest BCUT2D eigenvalue weighted by molar-refractivity contribution is 5.71. The van der Waals surface area contributed by atoms with Crippen molar-refractivity contribution < 1.29 is 23.8 Å². The summed E-state index contributed by atoms with van der Waals surface area (Å²) in [6.07, 6.45) is 2.40. The van der Waals surface area contributed by atoms with Crippen LogP contribution in [0.2, 0.25) is 0 Å². The molecule has 0 unspecified atom stereocenters. The summed E-state index contributed by atoms with van der Waals surface area (Å²) in [7, 11) is 1.31. The van der Waals surface area contributed by atoms with E-state index in [2.05, 4.69) is 9.47 Å². The molecule has 1 fully saturated rings. The van der Waals surface area contributed by atoms with Gasteiger partial charge in [-0.3, -0.25) is 10.5 Å². The van der Waals surface area contributed by atoms with E-state index in [0.717, 1.165) is 12.8 Å². The molecule has 0 bridgehead atoms. The van der Waals surface area contributed by atoms with E-state index in [1.807, 2.05) is 0 Å². The fourth-order valence-electron chi connectivity index (χ4n) is 1.94. The smallest absolute Gasteiger partial charge is 0.469 e. The quantitative estimate of drug-likeness (QED) is 0.572. The van der Waals surface area contributed by atoms with E-state index in [9.17, 15) is 9.59 Å². The molecular weight excluding hydrogens is 214 g/mol. The highest BCUT2D eigenvalue weighted by Crippen LogP contribution is 2.36. The summed E-state index contributed by atoms with van der Waals surface area (Å²) in [5.74, 6) is -0.387. The largest absolute Gasteiger partial charge is 0.510 e. The Hall–Kier alpha value is -1.30. The van der Waals surface area contributed by atoms with Crippen LogP contribution in [0.5, 0.6) is 0 Å². The Kier molecular flexibility index (Phi) is 4.54. The first-order valence-electron chi connectivity index (χ1n) is 5.24. The van der Waals surface area contributed by atoms with Gasteiger partial charge in [0.25, 0.3) is 0 Å². The first-order chi connectivity index (χ1) is 7.62. The van der Waals surface area contributed by atoms with Gasteiger partial charge in [-0.2, -0.15) is 0 Å². The average molecular weight is 231 g/mol. The lowest BCUT2D eigenvalue weighted by Gasteiger charge is -2.26. The summed E-state index contributed by atoms with van der Waals surface area (Å²) < 4.78 is 14.3. The zero-order valence-electron chi connectivity index (χ0n) is 9.36. The van der Waals surface area contributed by atoms with Gasteiger partial charge in [0.05, 0.1) is 13.5 Å². The van der Waals surface area contributed by atoms with E-state index in [0.29, 0.717) is 12.8 Å².